The summed E-state index contributed by atoms with van der Waals surface area (Å²) in [6.07, 6.45) is 4.15. The summed E-state index contributed by atoms with van der Waals surface area (Å²) in [5.41, 5.74) is 8.26. The summed E-state index contributed by atoms with van der Waals surface area (Å²) in [5, 5.41) is 2.52. The molecule has 2 aromatic carbocycles. The van der Waals surface area contributed by atoms with Gasteiger partial charge in [0.1, 0.15) is 0 Å². The summed E-state index contributed by atoms with van der Waals surface area (Å²) in [7, 11) is 0. The van der Waals surface area contributed by atoms with Crippen LogP contribution < -0.4 is 5.73 Å². The van der Waals surface area contributed by atoms with Crippen molar-refractivity contribution in [2.24, 2.45) is 5.73 Å². The molecule has 0 aliphatic heterocycles. The monoisotopic (exact) mass is 197 g/mol. The van der Waals surface area contributed by atoms with Crippen LogP contribution in [0, 0.1) is 0 Å². The summed E-state index contributed by atoms with van der Waals surface area (Å²) >= 11 is 0. The van der Waals surface area contributed by atoms with E-state index in [4.69, 9.17) is 5.73 Å². The summed E-state index contributed by atoms with van der Waals surface area (Å²) in [5.74, 6) is 0. The van der Waals surface area contributed by atoms with Crippen LogP contribution in [0.5, 0.6) is 0 Å². The van der Waals surface area contributed by atoms with Crippen molar-refractivity contribution in [2.75, 3.05) is 0 Å². The molecule has 0 atom stereocenters. The van der Waals surface area contributed by atoms with Crippen molar-refractivity contribution in [2.45, 2.75) is 13.5 Å². The highest BCUT2D eigenvalue weighted by Gasteiger charge is 2.02. The van der Waals surface area contributed by atoms with Crippen LogP contribution in [0.2, 0.25) is 0 Å². The Bertz CT molecular complexity index is 498. The molecule has 2 aromatic rings. The molecule has 1 heteroatoms. The van der Waals surface area contributed by atoms with E-state index in [1.165, 1.54) is 21.9 Å². The number of hydrogen-bond donors (Lipinski definition) is 1. The van der Waals surface area contributed by atoms with Crippen molar-refractivity contribution in [3.05, 3.63) is 53.6 Å². The van der Waals surface area contributed by atoms with Gasteiger partial charge < -0.3 is 5.73 Å². The molecule has 0 aliphatic rings. The fraction of sp³-hybridized carbons (Fsp3) is 0.143. The van der Waals surface area contributed by atoms with Gasteiger partial charge in [0.2, 0.25) is 0 Å². The first-order valence-electron chi connectivity index (χ1n) is 5.20. The van der Waals surface area contributed by atoms with Crippen LogP contribution in [0.15, 0.2) is 42.5 Å². The molecule has 0 bridgehead atoms. The predicted octanol–water partition coefficient (Wildman–Crippen LogP) is 3.33. The van der Waals surface area contributed by atoms with Crippen LogP contribution in [0.1, 0.15) is 18.1 Å². The summed E-state index contributed by atoms with van der Waals surface area (Å²) in [6.45, 7) is 2.61. The third-order valence-corrected chi connectivity index (χ3v) is 2.63. The lowest BCUT2D eigenvalue weighted by atomic mass is 9.99. The molecule has 0 spiro atoms. The maximum atomic E-state index is 5.81. The van der Waals surface area contributed by atoms with E-state index in [0.717, 1.165) is 0 Å². The summed E-state index contributed by atoms with van der Waals surface area (Å²) in [6, 6.07) is 12.6. The van der Waals surface area contributed by atoms with Crippen LogP contribution in [0.3, 0.4) is 0 Å². The Morgan fingerprint density at radius 1 is 1.13 bits per heavy atom. The van der Waals surface area contributed by atoms with Crippen molar-refractivity contribution in [3.63, 3.8) is 0 Å². The van der Waals surface area contributed by atoms with Crippen molar-refractivity contribution in [1.82, 2.24) is 0 Å². The Morgan fingerprint density at radius 2 is 1.93 bits per heavy atom. The van der Waals surface area contributed by atoms with E-state index in [1.54, 1.807) is 0 Å². The molecule has 0 heterocycles. The van der Waals surface area contributed by atoms with E-state index in [1.807, 2.05) is 13.0 Å². The number of benzene rings is 2. The van der Waals surface area contributed by atoms with Crippen LogP contribution >= 0.6 is 0 Å². The number of fused-ring (bicyclic) bond motifs is 1. The maximum absolute atomic E-state index is 5.81. The van der Waals surface area contributed by atoms with Gasteiger partial charge in [0.25, 0.3) is 0 Å². The molecule has 0 saturated heterocycles. The zero-order valence-corrected chi connectivity index (χ0v) is 8.90. The van der Waals surface area contributed by atoms with Gasteiger partial charge in [0, 0.05) is 6.54 Å². The largest absolute Gasteiger partial charge is 0.326 e. The first-order chi connectivity index (χ1) is 7.36. The Labute approximate surface area is 90.2 Å². The molecule has 15 heavy (non-hydrogen) atoms. The van der Waals surface area contributed by atoms with E-state index >= 15 is 0 Å². The zero-order chi connectivity index (χ0) is 10.7. The average Bonchev–Trinajstić information content (AvgIpc) is 2.29. The topological polar surface area (TPSA) is 26.0 Å². The highest BCUT2D eigenvalue weighted by Crippen LogP contribution is 2.23. The van der Waals surface area contributed by atoms with Gasteiger partial charge >= 0.3 is 0 Å². The number of nitrogens with two attached hydrogens (primary N) is 1. The molecule has 0 amide bonds. The van der Waals surface area contributed by atoms with Crippen LogP contribution in [0.4, 0.5) is 0 Å². The molecule has 2 rings (SSSR count). The second-order valence-corrected chi connectivity index (χ2v) is 3.56. The van der Waals surface area contributed by atoms with Crippen molar-refractivity contribution >= 4 is 16.8 Å². The molecule has 0 unspecified atom stereocenters. The van der Waals surface area contributed by atoms with Gasteiger partial charge in [-0.2, -0.15) is 0 Å². The predicted molar refractivity (Wildman–Crippen MR) is 66.5 cm³/mol. The fourth-order valence-electron chi connectivity index (χ4n) is 1.92. The normalized spacial score (nSPS) is 11.3. The minimum atomic E-state index is 0.584. The third kappa shape index (κ3) is 1.79. The summed E-state index contributed by atoms with van der Waals surface area (Å²) in [4.78, 5) is 0. The van der Waals surface area contributed by atoms with Gasteiger partial charge in [-0.15, -0.1) is 0 Å². The molecular weight excluding hydrogens is 182 g/mol. The molecular formula is C14H15N. The standard InChI is InChI=1S/C14H15N/c1-2-5-11-8-9-12-6-3-4-7-13(12)14(11)10-15/h2-9H,10,15H2,1H3. The van der Waals surface area contributed by atoms with Gasteiger partial charge in [-0.1, -0.05) is 48.6 Å². The second kappa shape index (κ2) is 4.28. The van der Waals surface area contributed by atoms with Gasteiger partial charge in [0.05, 0.1) is 0 Å². The van der Waals surface area contributed by atoms with Crippen molar-refractivity contribution in [3.8, 4) is 0 Å². The van der Waals surface area contributed by atoms with Gasteiger partial charge in [0.15, 0.2) is 0 Å². The van der Waals surface area contributed by atoms with Crippen LogP contribution in [-0.2, 0) is 6.54 Å². The molecule has 2 N–H and O–H groups in total. The van der Waals surface area contributed by atoms with Gasteiger partial charge in [-0.25, -0.2) is 0 Å². The first-order valence-corrected chi connectivity index (χ1v) is 5.20. The Hall–Kier alpha value is -1.60. The average molecular weight is 197 g/mol. The highest BCUT2D eigenvalue weighted by molar-refractivity contribution is 5.88. The van der Waals surface area contributed by atoms with Gasteiger partial charge in [-0.3, -0.25) is 0 Å². The van der Waals surface area contributed by atoms with Gasteiger partial charge in [-0.05, 0) is 28.8 Å². The number of allylic oxidation sites excluding steroid dienone is 1. The molecule has 0 saturated carbocycles. The van der Waals surface area contributed by atoms with E-state index < -0.39 is 0 Å². The lowest BCUT2D eigenvalue weighted by Gasteiger charge is -2.08. The lowest BCUT2D eigenvalue weighted by Crippen LogP contribution is -2.00. The molecule has 0 aliphatic carbocycles. The van der Waals surface area contributed by atoms with E-state index in [-0.39, 0.29) is 0 Å². The Kier molecular flexibility index (Phi) is 2.84. The molecule has 0 fully saturated rings. The maximum Gasteiger partial charge on any atom is 0.0190 e. The van der Waals surface area contributed by atoms with Crippen LogP contribution in [-0.4, -0.2) is 0 Å². The number of hydrogen-bond acceptors (Lipinski definition) is 1. The SMILES string of the molecule is CC=Cc1ccc2ccccc2c1CN. The fourth-order valence-corrected chi connectivity index (χ4v) is 1.92. The summed E-state index contributed by atoms with van der Waals surface area (Å²) < 4.78 is 0. The van der Waals surface area contributed by atoms with Crippen molar-refractivity contribution in [1.29, 1.82) is 0 Å². The minimum absolute atomic E-state index is 0.584. The van der Waals surface area contributed by atoms with Crippen molar-refractivity contribution < 1.29 is 0 Å². The molecule has 0 aromatic heterocycles. The Balaban J connectivity index is 2.75. The quantitative estimate of drug-likeness (QED) is 0.785. The second-order valence-electron chi connectivity index (χ2n) is 3.56. The molecule has 76 valence electrons. The number of rotatable bonds is 2. The first kappa shape index (κ1) is 9.94. The zero-order valence-electron chi connectivity index (χ0n) is 8.90. The Morgan fingerprint density at radius 3 is 2.67 bits per heavy atom. The third-order valence-electron chi connectivity index (χ3n) is 2.63. The molecule has 1 nitrogen and oxygen atoms in total. The minimum Gasteiger partial charge on any atom is -0.326 e. The molecule has 0 radical (unpaired) electrons. The lowest BCUT2D eigenvalue weighted by molar-refractivity contribution is 1.08. The smallest absolute Gasteiger partial charge is 0.0190 e. The van der Waals surface area contributed by atoms with Crippen LogP contribution in [0.25, 0.3) is 16.8 Å². The van der Waals surface area contributed by atoms with E-state index in [0.29, 0.717) is 6.54 Å². The van der Waals surface area contributed by atoms with E-state index in [9.17, 15) is 0 Å². The highest BCUT2D eigenvalue weighted by atomic mass is 14.5. The van der Waals surface area contributed by atoms with E-state index in [2.05, 4.69) is 42.5 Å².